The number of methoxy groups -OCH3 is 6. The first kappa shape index (κ1) is 114. The van der Waals surface area contributed by atoms with Gasteiger partial charge in [0.2, 0.25) is 35.3 Å². The first-order chi connectivity index (χ1) is 69.3. The number of benzene rings is 6. The van der Waals surface area contributed by atoms with Crippen molar-refractivity contribution < 1.29 is 127 Å². The molecule has 10 heterocycles. The number of hydrogen-bond acceptors (Lipinski definition) is 21. The van der Waals surface area contributed by atoms with Gasteiger partial charge in [0.15, 0.2) is 11.5 Å². The Morgan fingerprint density at radius 1 is 0.436 bits per heavy atom. The molecule has 36 heteroatoms. The number of amides is 9. The van der Waals surface area contributed by atoms with E-state index in [1.165, 1.54) is 70.0 Å². The Morgan fingerprint density at radius 2 is 0.893 bits per heavy atom. The Balaban J connectivity index is 0.000000164. The average molecular weight is 2080 g/mol. The van der Waals surface area contributed by atoms with Crippen molar-refractivity contribution in [1.82, 2.24) is 44.1 Å². The molecule has 6 aromatic carbocycles. The van der Waals surface area contributed by atoms with Gasteiger partial charge in [-0.05, 0) is 264 Å². The Labute approximate surface area is 867 Å². The summed E-state index contributed by atoms with van der Waals surface area (Å²) in [6, 6.07) is 27.1. The van der Waals surface area contributed by atoms with Gasteiger partial charge in [-0.2, -0.15) is 26.3 Å². The maximum absolute atomic E-state index is 13.8. The van der Waals surface area contributed by atoms with E-state index in [4.69, 9.17) is 28.4 Å². The molecule has 4 saturated carbocycles. The lowest BCUT2D eigenvalue weighted by molar-refractivity contribution is -0.174. The van der Waals surface area contributed by atoms with Gasteiger partial charge < -0.3 is 82.7 Å². The number of piperazine rings is 4. The monoisotopic (exact) mass is 2080 g/mol. The molecule has 15 atom stereocenters. The van der Waals surface area contributed by atoms with E-state index in [-0.39, 0.29) is 162 Å². The van der Waals surface area contributed by atoms with Crippen LogP contribution in [0.25, 0.3) is 21.5 Å². The minimum Gasteiger partial charge on any atom is -0.493 e. The second-order valence-electron chi connectivity index (χ2n) is 41.9. The summed E-state index contributed by atoms with van der Waals surface area (Å²) in [7, 11) is 8.92. The van der Waals surface area contributed by atoms with Crippen LogP contribution in [0.2, 0.25) is 0 Å². The third-order valence-electron chi connectivity index (χ3n) is 33.4. The molecule has 0 spiro atoms. The molecule has 0 radical (unpaired) electrons. The van der Waals surface area contributed by atoms with Crippen LogP contribution in [-0.2, 0) is 110 Å². The van der Waals surface area contributed by atoms with E-state index in [2.05, 4.69) is 48.5 Å². The molecule has 2 N–H and O–H groups in total. The molecule has 810 valence electrons. The van der Waals surface area contributed by atoms with Crippen LogP contribution in [0.5, 0.6) is 17.2 Å². The molecule has 4 aliphatic carbocycles. The highest BCUT2D eigenvalue weighted by Crippen LogP contribution is 2.50. The predicted octanol–water partition coefficient (Wildman–Crippen LogP) is 15.6. The van der Waals surface area contributed by atoms with Crippen molar-refractivity contribution in [3.05, 3.63) is 160 Å². The molecule has 20 rings (SSSR count). The van der Waals surface area contributed by atoms with Crippen molar-refractivity contribution in [3.63, 3.8) is 0 Å². The average Bonchev–Trinajstić information content (AvgIpc) is 1.26. The Hall–Kier alpha value is -11.7. The molecule has 149 heavy (non-hydrogen) atoms. The van der Waals surface area contributed by atoms with Crippen LogP contribution in [0.4, 0.5) is 26.3 Å². The summed E-state index contributed by atoms with van der Waals surface area (Å²) in [6.07, 6.45) is 8.29. The van der Waals surface area contributed by atoms with Gasteiger partial charge in [-0.25, -0.2) is 0 Å². The lowest BCUT2D eigenvalue weighted by atomic mass is 9.69. The molecule has 14 aliphatic rings. The maximum atomic E-state index is 13.8. The number of piperidine rings is 4. The van der Waals surface area contributed by atoms with Gasteiger partial charge in [0.25, 0.3) is 46.8 Å². The zero-order valence-corrected chi connectivity index (χ0v) is 83.2. The predicted molar refractivity (Wildman–Crippen MR) is 542 cm³/mol. The summed E-state index contributed by atoms with van der Waals surface area (Å²) in [5, 5.41) is 27.4. The fraction of sp³-hybridized carbons (Fsp3) is 0.584. The van der Waals surface area contributed by atoms with Crippen molar-refractivity contribution in [2.24, 2.45) is 23.7 Å². The number of halogens is 6. The van der Waals surface area contributed by atoms with Gasteiger partial charge in [-0.15, -0.1) is 0 Å². The normalized spacial score (nSPS) is 27.2. The number of hydrogen-bond donors (Lipinski definition) is 2. The number of aliphatic hydroxyl groups is 2. The Morgan fingerprint density at radius 3 is 1.38 bits per heavy atom. The number of fused-ring (bicyclic) bond motifs is 15. The second-order valence-corrected chi connectivity index (χ2v) is 41.9. The number of carbonyl (C=O) groups is 13. The first-order valence-corrected chi connectivity index (χ1v) is 51.0. The summed E-state index contributed by atoms with van der Waals surface area (Å²) in [5.74, 6) is -6.95. The largest absolute Gasteiger partial charge is 0.493 e. The molecule has 8 saturated heterocycles. The van der Waals surface area contributed by atoms with Crippen molar-refractivity contribution in [1.29, 1.82) is 0 Å². The lowest BCUT2D eigenvalue weighted by Gasteiger charge is -2.55. The van der Waals surface area contributed by atoms with Crippen molar-refractivity contribution in [2.45, 2.75) is 326 Å². The quantitative estimate of drug-likeness (QED) is 0.0384. The summed E-state index contributed by atoms with van der Waals surface area (Å²) < 4.78 is 114. The van der Waals surface area contributed by atoms with E-state index in [1.54, 1.807) is 25.3 Å². The molecule has 6 unspecified atom stereocenters. The first-order valence-electron chi connectivity index (χ1n) is 51.0. The highest BCUT2D eigenvalue weighted by atomic mass is 19.4. The number of ether oxygens (including phenoxy) is 6. The van der Waals surface area contributed by atoms with Crippen LogP contribution in [0.15, 0.2) is 121 Å². The lowest BCUT2D eigenvalue weighted by Crippen LogP contribution is -2.72. The van der Waals surface area contributed by atoms with Crippen LogP contribution in [0, 0.1) is 23.7 Å². The summed E-state index contributed by atoms with van der Waals surface area (Å²) >= 11 is 0. The van der Waals surface area contributed by atoms with Gasteiger partial charge in [0.1, 0.15) is 47.5 Å². The van der Waals surface area contributed by atoms with Crippen LogP contribution >= 0.6 is 0 Å². The summed E-state index contributed by atoms with van der Waals surface area (Å²) in [4.78, 5) is 189. The van der Waals surface area contributed by atoms with E-state index in [0.29, 0.717) is 134 Å². The third kappa shape index (κ3) is 22.1. The highest BCUT2D eigenvalue weighted by molar-refractivity contribution is 6.43. The van der Waals surface area contributed by atoms with Crippen LogP contribution in [0.3, 0.4) is 0 Å². The third-order valence-corrected chi connectivity index (χ3v) is 33.4. The van der Waals surface area contributed by atoms with E-state index < -0.39 is 142 Å². The standard InChI is InChI=1S/C29H30N2O6.C29H36N2O5.C26H37N3O6.C25H26F6N2O4.4CH4/c1-35-24-14-21(15-25(36-2)27(24)37-3)26(32)29(34)31-22-9-6-10-23(31)28(33)30(17-22)16-18-11-12-19-7-4-5-8-20(19)13-18;1-19-10-11-21(18-36-2)15-29(19,35)26(32)28(34)31-24-8-5-9-25(31)27(33)30(17-24)16-20-12-13-22-6-3-4-7-23(22)14-20;1-16-10-11-17(15-35-2)12-26(16,34)23(31)25(33)29-19-8-5-9-20(29)24(32)28-14-22(30)27(13-21(19)28)18-6-3-4-7-18;1-37-23(7-2-3-8-23)20(34)22(36)33-17-5-4-6-18(33)21(35)32-12-15-13(10-19(17)32)9-14(24(26,27)28)11-16(15)25(29,30)31;;;;/h4-5,7-8,11-15,22-23H,6,9-10,16-17H2,1-3H3;3-4,6-7,12-14,19,21,24-25,35H,5,8-11,15-18H2,1-2H3;13,16-20,34H,3-12,14-15H2,1-2H3;9,11,17-19H,2-8,10,12H2,1H3;4*1H4/t;19-,21-,24?,25?,29+;16-,17-,19?,20?,26+;17-,18+,19+;;;;/m.111..../s1. The second kappa shape index (κ2) is 46.6. The smallest absolute Gasteiger partial charge is 0.416 e. The minimum atomic E-state index is -5.04. The number of carbonyl (C=O) groups excluding carboxylic acids is 13. The number of nitrogens with zero attached hydrogens (tertiary/aromatic N) is 9. The topological polar surface area (TPSA) is 347 Å². The van der Waals surface area contributed by atoms with Crippen LogP contribution in [-0.4, -0.2) is 283 Å². The molecular formula is C113H145F6N9O21. The van der Waals surface area contributed by atoms with Gasteiger partial charge >= 0.3 is 12.4 Å². The molecular weight excluding hydrogens is 1930 g/mol. The van der Waals surface area contributed by atoms with Gasteiger partial charge in [-0.1, -0.05) is 129 Å². The molecule has 9 amide bonds. The fourth-order valence-corrected chi connectivity index (χ4v) is 25.7. The zero-order valence-electron chi connectivity index (χ0n) is 83.2. The number of ketones is 4. The number of rotatable bonds is 21. The number of likely N-dealkylation sites (tertiary alicyclic amines) is 2. The van der Waals surface area contributed by atoms with Crippen LogP contribution < -0.4 is 14.2 Å². The Kier molecular flexibility index (Phi) is 35.8. The van der Waals surface area contributed by atoms with Gasteiger partial charge in [0.05, 0.1) is 68.4 Å². The minimum absolute atomic E-state index is 0. The molecule has 12 fully saturated rings. The van der Waals surface area contributed by atoms with Crippen molar-refractivity contribution in [2.75, 3.05) is 75.5 Å². The van der Waals surface area contributed by atoms with Crippen molar-refractivity contribution >= 4 is 97.8 Å². The zero-order chi connectivity index (χ0) is 103. The van der Waals surface area contributed by atoms with E-state index in [0.717, 1.165) is 103 Å². The number of alkyl halides is 6. The summed E-state index contributed by atoms with van der Waals surface area (Å²) in [5.41, 5.74) is -5.22. The Bertz CT molecular complexity index is 6040. The molecule has 0 aromatic heterocycles. The maximum Gasteiger partial charge on any atom is 0.416 e. The fourth-order valence-electron chi connectivity index (χ4n) is 25.7. The molecule has 10 aliphatic heterocycles. The molecule has 8 bridgehead atoms. The SMILES string of the molecule is C.C.C.C.COC1(C(=O)C(=O)N2[C@@H]3CCC[C@H]2C(=O)N2Cc4c(cc(C(F)(F)F)cc4C(F)(F)F)C[C@@H]32)CCCC1.COC[C@@H]1CC[C@@H](C)[C@](O)(C(=O)C(=O)N2C3CCCC2C(=O)N(Cc2ccc4ccccc4c2)C3)C1.COC[C@@H]1CC[C@@H](C)[C@](O)(C(=O)C(=O)N2C3CCCC2C2=CN(C4CCCC4)C(=O)CN2C3=O)C1.COc1cc(C(=O)C(=O)N2C3CCCC2C(=O)N(Cc2ccc4ccccc4c2)C3)cc(OC)c1OC. The van der Waals surface area contributed by atoms with E-state index in [1.807, 2.05) is 60.0 Å². The highest BCUT2D eigenvalue weighted by Gasteiger charge is 2.61. The van der Waals surface area contributed by atoms with Gasteiger partial charge in [-0.3, -0.25) is 62.3 Å². The summed E-state index contributed by atoms with van der Waals surface area (Å²) in [6.45, 7) is 5.77. The van der Waals surface area contributed by atoms with E-state index >= 15 is 0 Å². The number of Topliss-reactive ketones (excluding diaryl/α,β-unsaturated/α-hetero) is 4. The van der Waals surface area contributed by atoms with E-state index in [9.17, 15) is 98.9 Å². The molecule has 30 nitrogen and oxygen atoms in total. The molecule has 6 aromatic rings. The van der Waals surface area contributed by atoms with Crippen molar-refractivity contribution in [3.8, 4) is 17.2 Å². The van der Waals surface area contributed by atoms with Crippen LogP contribution in [0.1, 0.15) is 254 Å². The van der Waals surface area contributed by atoms with Gasteiger partial charge in [0, 0.05) is 85.1 Å².